The molecule has 0 fully saturated rings. The number of hydrogen-bond acceptors (Lipinski definition) is 5. The van der Waals surface area contributed by atoms with Crippen LogP contribution in [0.5, 0.6) is 0 Å². The maximum atomic E-state index is 11.9. The number of nitrogens with zero attached hydrogens (tertiary/aromatic N) is 2. The predicted molar refractivity (Wildman–Crippen MR) is 93.6 cm³/mol. The van der Waals surface area contributed by atoms with Crippen LogP contribution < -0.4 is 5.32 Å². The van der Waals surface area contributed by atoms with Crippen LogP contribution in [0.1, 0.15) is 0 Å². The van der Waals surface area contributed by atoms with E-state index in [1.165, 1.54) is 36.0 Å². The zero-order chi connectivity index (χ0) is 17.1. The molecule has 0 aliphatic rings. The molecule has 2 N–H and O–H groups in total. The first-order chi connectivity index (χ1) is 11.5. The fourth-order valence-electron chi connectivity index (χ4n) is 2.02. The van der Waals surface area contributed by atoms with Crippen LogP contribution in [0.2, 0.25) is 5.02 Å². The molecule has 3 rings (SSSR count). The molecule has 0 aliphatic carbocycles. The Kier molecular flexibility index (Phi) is 4.68. The van der Waals surface area contributed by atoms with E-state index in [0.717, 1.165) is 11.0 Å². The minimum Gasteiger partial charge on any atom is -0.333 e. The summed E-state index contributed by atoms with van der Waals surface area (Å²) < 4.78 is 0. The number of fused-ring (bicyclic) bond motifs is 1. The van der Waals surface area contributed by atoms with Crippen molar-refractivity contribution in [1.82, 2.24) is 9.97 Å². The van der Waals surface area contributed by atoms with Crippen molar-refractivity contribution < 1.29 is 9.72 Å². The Hall–Kier alpha value is -2.58. The van der Waals surface area contributed by atoms with E-state index in [9.17, 15) is 14.9 Å². The summed E-state index contributed by atoms with van der Waals surface area (Å²) in [4.78, 5) is 29.5. The highest BCUT2D eigenvalue weighted by Crippen LogP contribution is 2.22. The Morgan fingerprint density at radius 1 is 1.29 bits per heavy atom. The second kappa shape index (κ2) is 6.90. The molecule has 0 radical (unpaired) electrons. The molecule has 0 saturated carbocycles. The Bertz CT molecular complexity index is 911. The lowest BCUT2D eigenvalue weighted by molar-refractivity contribution is -0.384. The number of carbonyl (C=O) groups is 1. The number of amides is 1. The molecule has 122 valence electrons. The number of H-pyrrole nitrogens is 1. The number of benzene rings is 2. The molecule has 0 unspecified atom stereocenters. The van der Waals surface area contributed by atoms with Gasteiger partial charge >= 0.3 is 0 Å². The number of aromatic nitrogens is 2. The topological polar surface area (TPSA) is 101 Å². The van der Waals surface area contributed by atoms with E-state index < -0.39 is 4.92 Å². The van der Waals surface area contributed by atoms with Gasteiger partial charge in [-0.3, -0.25) is 14.9 Å². The Morgan fingerprint density at radius 3 is 2.75 bits per heavy atom. The fourth-order valence-corrected chi connectivity index (χ4v) is 2.88. The number of aromatic amines is 1. The Labute approximate surface area is 145 Å². The van der Waals surface area contributed by atoms with Gasteiger partial charge < -0.3 is 10.3 Å². The number of non-ortho nitro benzene ring substituents is 1. The maximum Gasteiger partial charge on any atom is 0.269 e. The molecular weight excluding hydrogens is 352 g/mol. The average molecular weight is 363 g/mol. The van der Waals surface area contributed by atoms with Gasteiger partial charge in [-0.15, -0.1) is 0 Å². The number of nitro groups is 1. The van der Waals surface area contributed by atoms with Crippen molar-refractivity contribution in [2.45, 2.75) is 5.16 Å². The van der Waals surface area contributed by atoms with Gasteiger partial charge in [0.2, 0.25) is 5.91 Å². The second-order valence-corrected chi connectivity index (χ2v) is 6.24. The normalized spacial score (nSPS) is 10.7. The van der Waals surface area contributed by atoms with E-state index in [-0.39, 0.29) is 17.3 Å². The van der Waals surface area contributed by atoms with Gasteiger partial charge in [0.05, 0.1) is 21.7 Å². The van der Waals surface area contributed by atoms with Gasteiger partial charge in [-0.1, -0.05) is 23.4 Å². The SMILES string of the molecule is O=C(CSc1nc2ccc(Cl)cc2[nH]1)Nc1ccc([N+](=O)[O-])cc1. The van der Waals surface area contributed by atoms with Gasteiger partial charge in [-0.25, -0.2) is 4.98 Å². The van der Waals surface area contributed by atoms with E-state index in [0.29, 0.717) is 15.9 Å². The highest BCUT2D eigenvalue weighted by Gasteiger charge is 2.09. The number of rotatable bonds is 5. The molecule has 0 atom stereocenters. The average Bonchev–Trinajstić information content (AvgIpc) is 2.95. The van der Waals surface area contributed by atoms with Crippen LogP contribution in [0.25, 0.3) is 11.0 Å². The lowest BCUT2D eigenvalue weighted by atomic mass is 10.3. The molecule has 2 aromatic carbocycles. The van der Waals surface area contributed by atoms with Crippen molar-refractivity contribution in [3.05, 3.63) is 57.6 Å². The quantitative estimate of drug-likeness (QED) is 0.407. The summed E-state index contributed by atoms with van der Waals surface area (Å²) in [7, 11) is 0. The highest BCUT2D eigenvalue weighted by atomic mass is 35.5. The van der Waals surface area contributed by atoms with Crippen LogP contribution in [0.4, 0.5) is 11.4 Å². The summed E-state index contributed by atoms with van der Waals surface area (Å²) in [6.45, 7) is 0. The first-order valence-electron chi connectivity index (χ1n) is 6.83. The van der Waals surface area contributed by atoms with Gasteiger partial charge in [-0.2, -0.15) is 0 Å². The van der Waals surface area contributed by atoms with E-state index in [1.54, 1.807) is 18.2 Å². The standard InChI is InChI=1S/C15H11ClN4O3S/c16-9-1-6-12-13(7-9)19-15(18-12)24-8-14(21)17-10-2-4-11(5-3-10)20(22)23/h1-7H,8H2,(H,17,21)(H,18,19). The lowest BCUT2D eigenvalue weighted by Gasteiger charge is -2.03. The van der Waals surface area contributed by atoms with Crippen molar-refractivity contribution in [1.29, 1.82) is 0 Å². The fraction of sp³-hybridized carbons (Fsp3) is 0.0667. The number of halogens is 1. The van der Waals surface area contributed by atoms with Crippen LogP contribution in [0, 0.1) is 10.1 Å². The Balaban J connectivity index is 1.59. The lowest BCUT2D eigenvalue weighted by Crippen LogP contribution is -2.14. The summed E-state index contributed by atoms with van der Waals surface area (Å²) in [5.74, 6) is -0.0720. The molecule has 0 saturated heterocycles. The van der Waals surface area contributed by atoms with Gasteiger partial charge in [0.1, 0.15) is 0 Å². The molecule has 1 amide bonds. The van der Waals surface area contributed by atoms with Crippen LogP contribution in [0.3, 0.4) is 0 Å². The third-order valence-electron chi connectivity index (χ3n) is 3.12. The van der Waals surface area contributed by atoms with Gasteiger partial charge in [0.25, 0.3) is 5.69 Å². The number of imidazole rings is 1. The van der Waals surface area contributed by atoms with Gasteiger partial charge in [0, 0.05) is 22.8 Å². The van der Waals surface area contributed by atoms with Gasteiger partial charge in [-0.05, 0) is 30.3 Å². The molecule has 1 aromatic heterocycles. The molecule has 24 heavy (non-hydrogen) atoms. The van der Waals surface area contributed by atoms with Gasteiger partial charge in [0.15, 0.2) is 5.16 Å². The first-order valence-corrected chi connectivity index (χ1v) is 8.20. The van der Waals surface area contributed by atoms with Crippen LogP contribution in [-0.2, 0) is 4.79 Å². The van der Waals surface area contributed by atoms with Crippen molar-refractivity contribution in [2.24, 2.45) is 0 Å². The van der Waals surface area contributed by atoms with Crippen LogP contribution in [-0.4, -0.2) is 26.6 Å². The monoisotopic (exact) mass is 362 g/mol. The molecule has 0 bridgehead atoms. The van der Waals surface area contributed by atoms with Crippen molar-refractivity contribution in [3.8, 4) is 0 Å². The van der Waals surface area contributed by atoms with E-state index in [1.807, 2.05) is 0 Å². The first kappa shape index (κ1) is 16.3. The summed E-state index contributed by atoms with van der Waals surface area (Å²) in [5.41, 5.74) is 2.06. The van der Waals surface area contributed by atoms with Crippen molar-refractivity contribution >= 4 is 51.7 Å². The molecule has 0 aliphatic heterocycles. The number of hydrogen-bond donors (Lipinski definition) is 2. The number of thioether (sulfide) groups is 1. The highest BCUT2D eigenvalue weighted by molar-refractivity contribution is 7.99. The maximum absolute atomic E-state index is 11.9. The Morgan fingerprint density at radius 2 is 2.04 bits per heavy atom. The van der Waals surface area contributed by atoms with Crippen LogP contribution in [0.15, 0.2) is 47.6 Å². The molecule has 9 heteroatoms. The molecule has 0 spiro atoms. The zero-order valence-corrected chi connectivity index (χ0v) is 13.7. The van der Waals surface area contributed by atoms with Crippen molar-refractivity contribution in [2.75, 3.05) is 11.1 Å². The molecular formula is C15H11ClN4O3S. The molecule has 1 heterocycles. The van der Waals surface area contributed by atoms with E-state index in [4.69, 9.17) is 11.6 Å². The number of carbonyl (C=O) groups excluding carboxylic acids is 1. The number of nitrogens with one attached hydrogen (secondary N) is 2. The van der Waals surface area contributed by atoms with E-state index in [2.05, 4.69) is 15.3 Å². The minimum atomic E-state index is -0.491. The summed E-state index contributed by atoms with van der Waals surface area (Å²) in [5, 5.41) is 14.5. The summed E-state index contributed by atoms with van der Waals surface area (Å²) in [6, 6.07) is 11.0. The second-order valence-electron chi connectivity index (χ2n) is 4.84. The smallest absolute Gasteiger partial charge is 0.269 e. The molecule has 3 aromatic rings. The zero-order valence-electron chi connectivity index (χ0n) is 12.2. The summed E-state index contributed by atoms with van der Waals surface area (Å²) in [6.07, 6.45) is 0. The largest absolute Gasteiger partial charge is 0.333 e. The predicted octanol–water partition coefficient (Wildman–Crippen LogP) is 3.86. The molecule has 7 nitrogen and oxygen atoms in total. The number of anilines is 1. The minimum absolute atomic E-state index is 0.0247. The third-order valence-corrected chi connectivity index (χ3v) is 4.23. The van der Waals surface area contributed by atoms with Crippen LogP contribution >= 0.6 is 23.4 Å². The number of nitro benzene ring substituents is 1. The third kappa shape index (κ3) is 3.84. The van der Waals surface area contributed by atoms with E-state index >= 15 is 0 Å². The summed E-state index contributed by atoms with van der Waals surface area (Å²) >= 11 is 7.17. The van der Waals surface area contributed by atoms with Crippen molar-refractivity contribution in [3.63, 3.8) is 0 Å².